The number of aromatic nitrogens is 2. The molecule has 19 heavy (non-hydrogen) atoms. The van der Waals surface area contributed by atoms with Crippen LogP contribution < -0.4 is 0 Å². The summed E-state index contributed by atoms with van der Waals surface area (Å²) in [6, 6.07) is 7.99. The van der Waals surface area contributed by atoms with Crippen LogP contribution in [0.25, 0.3) is 16.9 Å². The van der Waals surface area contributed by atoms with Gasteiger partial charge >= 0.3 is 0 Å². The minimum atomic E-state index is -0.335. The Morgan fingerprint density at radius 1 is 1.32 bits per heavy atom. The van der Waals surface area contributed by atoms with Gasteiger partial charge in [0.15, 0.2) is 6.29 Å². The molecule has 0 saturated heterocycles. The second kappa shape index (κ2) is 4.78. The smallest absolute Gasteiger partial charge is 0.153 e. The van der Waals surface area contributed by atoms with Crippen molar-refractivity contribution in [1.29, 1.82) is 0 Å². The number of aldehydes is 1. The van der Waals surface area contributed by atoms with Crippen LogP contribution in [-0.2, 0) is 0 Å². The molecule has 0 bridgehead atoms. The molecule has 3 nitrogen and oxygen atoms in total. The van der Waals surface area contributed by atoms with E-state index in [1.54, 1.807) is 18.3 Å². The monoisotopic (exact) mass is 272 g/mol. The largest absolute Gasteiger partial charge is 0.298 e. The summed E-state index contributed by atoms with van der Waals surface area (Å²) in [5, 5.41) is 8.20. The molecule has 0 fully saturated rings. The van der Waals surface area contributed by atoms with Gasteiger partial charge in [0.1, 0.15) is 11.5 Å². The van der Waals surface area contributed by atoms with E-state index in [1.807, 2.05) is 16.8 Å². The summed E-state index contributed by atoms with van der Waals surface area (Å²) in [4.78, 5) is 11.1. The van der Waals surface area contributed by atoms with E-state index in [9.17, 15) is 9.18 Å². The first-order chi connectivity index (χ1) is 9.28. The number of carbonyl (C=O) groups is 1. The Morgan fingerprint density at radius 3 is 2.89 bits per heavy atom. The van der Waals surface area contributed by atoms with E-state index in [4.69, 9.17) is 0 Å². The van der Waals surface area contributed by atoms with Crippen LogP contribution in [0.5, 0.6) is 0 Å². The maximum absolute atomic E-state index is 13.2. The van der Waals surface area contributed by atoms with Gasteiger partial charge in [-0.15, -0.1) is 0 Å². The van der Waals surface area contributed by atoms with Gasteiger partial charge in [-0.1, -0.05) is 6.07 Å². The first kappa shape index (κ1) is 11.8. The Bertz CT molecular complexity index is 719. The molecule has 94 valence electrons. The second-order valence-corrected chi connectivity index (χ2v) is 4.77. The van der Waals surface area contributed by atoms with Gasteiger partial charge in [0.2, 0.25) is 0 Å². The normalized spacial score (nSPS) is 10.6. The highest BCUT2D eigenvalue weighted by molar-refractivity contribution is 7.08. The predicted octanol–water partition coefficient (Wildman–Crippen LogP) is 3.55. The molecule has 0 aliphatic carbocycles. The summed E-state index contributed by atoms with van der Waals surface area (Å²) in [6.45, 7) is 0. The molecule has 0 saturated carbocycles. The van der Waals surface area contributed by atoms with Crippen LogP contribution in [0.1, 0.15) is 10.4 Å². The fourth-order valence-electron chi connectivity index (χ4n) is 1.85. The molecule has 0 N–H and O–H groups in total. The lowest BCUT2D eigenvalue weighted by atomic mass is 10.2. The summed E-state index contributed by atoms with van der Waals surface area (Å²) in [7, 11) is 0. The molecule has 2 aromatic heterocycles. The summed E-state index contributed by atoms with van der Waals surface area (Å²) < 4.78 is 14.7. The zero-order chi connectivity index (χ0) is 13.2. The van der Waals surface area contributed by atoms with Gasteiger partial charge in [0.25, 0.3) is 0 Å². The number of rotatable bonds is 3. The lowest BCUT2D eigenvalue weighted by molar-refractivity contribution is 0.112. The van der Waals surface area contributed by atoms with Crippen molar-refractivity contribution in [3.05, 3.63) is 58.7 Å². The lowest BCUT2D eigenvalue weighted by Gasteiger charge is -2.00. The molecule has 3 aromatic rings. The van der Waals surface area contributed by atoms with Crippen molar-refractivity contribution < 1.29 is 9.18 Å². The highest BCUT2D eigenvalue weighted by Gasteiger charge is 2.12. The molecule has 0 spiro atoms. The minimum Gasteiger partial charge on any atom is -0.298 e. The number of halogens is 1. The van der Waals surface area contributed by atoms with E-state index >= 15 is 0 Å². The first-order valence-corrected chi connectivity index (χ1v) is 6.55. The standard InChI is InChI=1S/C14H9FN2OS/c15-12-2-1-3-13(6-12)17-7-11(8-18)14(16-17)10-4-5-19-9-10/h1-9H. The number of nitrogens with zero attached hydrogens (tertiary/aromatic N) is 2. The van der Waals surface area contributed by atoms with E-state index in [0.29, 0.717) is 16.9 Å². The van der Waals surface area contributed by atoms with Crippen molar-refractivity contribution in [2.75, 3.05) is 0 Å². The quantitative estimate of drug-likeness (QED) is 0.683. The molecule has 0 atom stereocenters. The van der Waals surface area contributed by atoms with Gasteiger partial charge in [-0.05, 0) is 29.6 Å². The molecular weight excluding hydrogens is 263 g/mol. The van der Waals surface area contributed by atoms with Crippen LogP contribution in [0.4, 0.5) is 4.39 Å². The van der Waals surface area contributed by atoms with Crippen LogP contribution in [0.2, 0.25) is 0 Å². The SMILES string of the molecule is O=Cc1cn(-c2cccc(F)c2)nc1-c1ccsc1. The van der Waals surface area contributed by atoms with Gasteiger partial charge < -0.3 is 0 Å². The molecule has 2 heterocycles. The van der Waals surface area contributed by atoms with E-state index in [-0.39, 0.29) is 5.82 Å². The van der Waals surface area contributed by atoms with Crippen molar-refractivity contribution in [3.63, 3.8) is 0 Å². The number of thiophene rings is 1. The highest BCUT2D eigenvalue weighted by atomic mass is 32.1. The molecule has 3 rings (SSSR count). The second-order valence-electron chi connectivity index (χ2n) is 3.99. The van der Waals surface area contributed by atoms with Crippen LogP contribution >= 0.6 is 11.3 Å². The van der Waals surface area contributed by atoms with Crippen LogP contribution in [-0.4, -0.2) is 16.1 Å². The number of benzene rings is 1. The Balaban J connectivity index is 2.12. The third kappa shape index (κ3) is 2.20. The van der Waals surface area contributed by atoms with Gasteiger partial charge in [0, 0.05) is 17.1 Å². The van der Waals surface area contributed by atoms with Crippen LogP contribution in [0.3, 0.4) is 0 Å². The summed E-state index contributed by atoms with van der Waals surface area (Å²) in [5.74, 6) is -0.335. The maximum Gasteiger partial charge on any atom is 0.153 e. The Morgan fingerprint density at radius 2 is 2.21 bits per heavy atom. The minimum absolute atomic E-state index is 0.335. The molecule has 0 amide bonds. The maximum atomic E-state index is 13.2. The van der Waals surface area contributed by atoms with Crippen molar-refractivity contribution in [2.24, 2.45) is 0 Å². The van der Waals surface area contributed by atoms with Gasteiger partial charge in [-0.3, -0.25) is 4.79 Å². The van der Waals surface area contributed by atoms with E-state index in [1.165, 1.54) is 28.2 Å². The van der Waals surface area contributed by atoms with Gasteiger partial charge in [-0.2, -0.15) is 16.4 Å². The molecule has 0 aliphatic heterocycles. The fraction of sp³-hybridized carbons (Fsp3) is 0. The zero-order valence-corrected chi connectivity index (χ0v) is 10.6. The van der Waals surface area contributed by atoms with Crippen molar-refractivity contribution in [1.82, 2.24) is 9.78 Å². The molecular formula is C14H9FN2OS. The third-order valence-corrected chi connectivity index (χ3v) is 3.42. The number of hydrogen-bond acceptors (Lipinski definition) is 3. The zero-order valence-electron chi connectivity index (χ0n) is 9.79. The first-order valence-electron chi connectivity index (χ1n) is 5.61. The Kier molecular flexibility index (Phi) is 2.97. The van der Waals surface area contributed by atoms with E-state index in [2.05, 4.69) is 5.10 Å². The van der Waals surface area contributed by atoms with E-state index in [0.717, 1.165) is 11.8 Å². The lowest BCUT2D eigenvalue weighted by Crippen LogP contribution is -1.95. The number of hydrogen-bond donors (Lipinski definition) is 0. The topological polar surface area (TPSA) is 34.9 Å². The van der Waals surface area contributed by atoms with Crippen molar-refractivity contribution >= 4 is 17.6 Å². The summed E-state index contributed by atoms with van der Waals surface area (Å²) >= 11 is 1.54. The van der Waals surface area contributed by atoms with Crippen LogP contribution in [0, 0.1) is 5.82 Å². The molecule has 0 unspecified atom stereocenters. The fourth-order valence-corrected chi connectivity index (χ4v) is 2.49. The molecule has 0 radical (unpaired) electrons. The average molecular weight is 272 g/mol. The average Bonchev–Trinajstić information content (AvgIpc) is 3.07. The summed E-state index contributed by atoms with van der Waals surface area (Å²) in [5.41, 5.74) is 2.58. The van der Waals surface area contributed by atoms with Gasteiger partial charge in [-0.25, -0.2) is 9.07 Å². The van der Waals surface area contributed by atoms with Crippen molar-refractivity contribution in [2.45, 2.75) is 0 Å². The Hall–Kier alpha value is -2.27. The highest BCUT2D eigenvalue weighted by Crippen LogP contribution is 2.24. The van der Waals surface area contributed by atoms with Crippen LogP contribution in [0.15, 0.2) is 47.3 Å². The molecule has 1 aromatic carbocycles. The van der Waals surface area contributed by atoms with Crippen molar-refractivity contribution in [3.8, 4) is 16.9 Å². The number of carbonyl (C=O) groups excluding carboxylic acids is 1. The van der Waals surface area contributed by atoms with E-state index < -0.39 is 0 Å². The third-order valence-electron chi connectivity index (χ3n) is 2.74. The summed E-state index contributed by atoms with van der Waals surface area (Å²) in [6.07, 6.45) is 2.37. The predicted molar refractivity (Wildman–Crippen MR) is 72.2 cm³/mol. The molecule has 5 heteroatoms. The Labute approximate surface area is 112 Å². The van der Waals surface area contributed by atoms with Gasteiger partial charge in [0.05, 0.1) is 11.3 Å². The molecule has 0 aliphatic rings.